The van der Waals surface area contributed by atoms with Crippen LogP contribution < -0.4 is 0 Å². The number of fused-ring (bicyclic) bond motifs is 1. The van der Waals surface area contributed by atoms with E-state index in [2.05, 4.69) is 6.92 Å². The van der Waals surface area contributed by atoms with E-state index < -0.39 is 0 Å². The molecule has 1 aliphatic rings. The summed E-state index contributed by atoms with van der Waals surface area (Å²) in [5, 5.41) is 19.5. The van der Waals surface area contributed by atoms with Gasteiger partial charge in [-0.05, 0) is 37.0 Å². The van der Waals surface area contributed by atoms with Gasteiger partial charge in [0.1, 0.15) is 0 Å². The quantitative estimate of drug-likeness (QED) is 0.757. The fourth-order valence-corrected chi connectivity index (χ4v) is 3.43. The van der Waals surface area contributed by atoms with Gasteiger partial charge in [-0.25, -0.2) is 0 Å². The van der Waals surface area contributed by atoms with Crippen molar-refractivity contribution >= 4 is 11.8 Å². The van der Waals surface area contributed by atoms with Crippen LogP contribution in [0.5, 0.6) is 11.5 Å². The maximum absolute atomic E-state index is 9.43. The van der Waals surface area contributed by atoms with Gasteiger partial charge in [0.05, 0.1) is 0 Å². The number of benzene rings is 1. The van der Waals surface area contributed by atoms with Crippen LogP contribution in [0.3, 0.4) is 0 Å². The lowest BCUT2D eigenvalue weighted by Crippen LogP contribution is -2.10. The van der Waals surface area contributed by atoms with Crippen molar-refractivity contribution in [2.45, 2.75) is 42.8 Å². The molecule has 1 heterocycles. The Hall–Kier alpha value is -0.830. The summed E-state index contributed by atoms with van der Waals surface area (Å²) in [6.45, 7) is 2.20. The van der Waals surface area contributed by atoms with Crippen LogP contribution in [0.1, 0.15) is 31.7 Å². The lowest BCUT2D eigenvalue weighted by molar-refractivity contribution is 0.401. The summed E-state index contributed by atoms with van der Waals surface area (Å²) in [7, 11) is 0. The van der Waals surface area contributed by atoms with Crippen molar-refractivity contribution in [1.29, 1.82) is 0 Å². The molecule has 2 nitrogen and oxygen atoms in total. The molecule has 0 bridgehead atoms. The number of phenols is 2. The molecule has 0 aliphatic carbocycles. The first kappa shape index (κ1) is 10.7. The van der Waals surface area contributed by atoms with Crippen molar-refractivity contribution in [2.75, 3.05) is 0 Å². The van der Waals surface area contributed by atoms with Gasteiger partial charge >= 0.3 is 0 Å². The molecule has 0 aromatic heterocycles. The Morgan fingerprint density at radius 1 is 1.33 bits per heavy atom. The monoisotopic (exact) mass is 224 g/mol. The summed E-state index contributed by atoms with van der Waals surface area (Å²) in [4.78, 5) is 1.13. The highest BCUT2D eigenvalue weighted by Gasteiger charge is 2.20. The summed E-state index contributed by atoms with van der Waals surface area (Å²) in [5.41, 5.74) is 1.17. The largest absolute Gasteiger partial charge is 0.504 e. The third kappa shape index (κ3) is 2.23. The average molecular weight is 224 g/mol. The maximum Gasteiger partial charge on any atom is 0.158 e. The molecule has 3 heteroatoms. The van der Waals surface area contributed by atoms with Crippen LogP contribution in [0.25, 0.3) is 0 Å². The summed E-state index contributed by atoms with van der Waals surface area (Å²) in [5.74, 6) is 0.00156. The van der Waals surface area contributed by atoms with Gasteiger partial charge in [0.15, 0.2) is 11.5 Å². The summed E-state index contributed by atoms with van der Waals surface area (Å²) in [6.07, 6.45) is 4.62. The van der Waals surface area contributed by atoms with Crippen molar-refractivity contribution in [1.82, 2.24) is 0 Å². The van der Waals surface area contributed by atoms with Gasteiger partial charge in [-0.2, -0.15) is 0 Å². The molecule has 0 spiro atoms. The highest BCUT2D eigenvalue weighted by atomic mass is 32.2. The summed E-state index contributed by atoms with van der Waals surface area (Å²) < 4.78 is 0. The van der Waals surface area contributed by atoms with E-state index in [0.717, 1.165) is 11.3 Å². The standard InChI is InChI=1S/C12H16O2S/c1-2-3-9-5-4-8-6-10(13)11(14)7-12(8)15-9/h6-7,9,13-14H,2-5H2,1H3. The second-order valence-corrected chi connectivity index (χ2v) is 5.36. The van der Waals surface area contributed by atoms with Gasteiger partial charge in [0, 0.05) is 10.1 Å². The summed E-state index contributed by atoms with van der Waals surface area (Å²) >= 11 is 1.83. The normalized spacial score (nSPS) is 19.9. The zero-order chi connectivity index (χ0) is 10.8. The Balaban J connectivity index is 2.22. The van der Waals surface area contributed by atoms with E-state index in [4.69, 9.17) is 0 Å². The fraction of sp³-hybridized carbons (Fsp3) is 0.500. The number of aromatic hydroxyl groups is 2. The Labute approximate surface area is 94.3 Å². The lowest BCUT2D eigenvalue weighted by atomic mass is 10.0. The predicted molar refractivity (Wildman–Crippen MR) is 62.6 cm³/mol. The molecule has 1 aliphatic heterocycles. The van der Waals surface area contributed by atoms with Gasteiger partial charge in [-0.3, -0.25) is 0 Å². The van der Waals surface area contributed by atoms with E-state index in [1.807, 2.05) is 11.8 Å². The van der Waals surface area contributed by atoms with Gasteiger partial charge in [0.2, 0.25) is 0 Å². The predicted octanol–water partition coefficient (Wildman–Crippen LogP) is 3.30. The maximum atomic E-state index is 9.43. The number of phenolic OH excluding ortho intramolecular Hbond substituents is 2. The molecule has 0 amide bonds. The van der Waals surface area contributed by atoms with Crippen LogP contribution in [0, 0.1) is 0 Å². The first-order valence-corrected chi connectivity index (χ1v) is 6.30. The molecule has 15 heavy (non-hydrogen) atoms. The summed E-state index contributed by atoms with van der Waals surface area (Å²) in [6, 6.07) is 3.39. The van der Waals surface area contributed by atoms with Crippen LogP contribution >= 0.6 is 11.8 Å². The Kier molecular flexibility index (Phi) is 3.10. The van der Waals surface area contributed by atoms with Crippen molar-refractivity contribution < 1.29 is 10.2 Å². The number of rotatable bonds is 2. The van der Waals surface area contributed by atoms with Gasteiger partial charge in [-0.1, -0.05) is 13.3 Å². The molecule has 1 atom stereocenters. The Morgan fingerprint density at radius 3 is 2.80 bits per heavy atom. The van der Waals surface area contributed by atoms with Crippen molar-refractivity contribution in [3.05, 3.63) is 17.7 Å². The van der Waals surface area contributed by atoms with E-state index in [-0.39, 0.29) is 11.5 Å². The smallest absolute Gasteiger partial charge is 0.158 e. The van der Waals surface area contributed by atoms with Gasteiger partial charge < -0.3 is 10.2 Å². The van der Waals surface area contributed by atoms with Crippen LogP contribution in [0.2, 0.25) is 0 Å². The van der Waals surface area contributed by atoms with Gasteiger partial charge in [0.25, 0.3) is 0 Å². The molecule has 82 valence electrons. The molecule has 1 aromatic rings. The van der Waals surface area contributed by atoms with E-state index in [9.17, 15) is 10.2 Å². The van der Waals surface area contributed by atoms with Crippen LogP contribution in [0.15, 0.2) is 17.0 Å². The second-order valence-electron chi connectivity index (χ2n) is 4.02. The molecule has 1 unspecified atom stereocenters. The molecule has 1 aromatic carbocycles. The van der Waals surface area contributed by atoms with Crippen LogP contribution in [-0.4, -0.2) is 15.5 Å². The minimum Gasteiger partial charge on any atom is -0.504 e. The van der Waals surface area contributed by atoms with Crippen LogP contribution in [-0.2, 0) is 6.42 Å². The molecule has 2 N–H and O–H groups in total. The SMILES string of the molecule is CCCC1CCc2cc(O)c(O)cc2S1. The first-order valence-electron chi connectivity index (χ1n) is 5.42. The average Bonchev–Trinajstić information content (AvgIpc) is 2.21. The lowest BCUT2D eigenvalue weighted by Gasteiger charge is -2.23. The van der Waals surface area contributed by atoms with Crippen LogP contribution in [0.4, 0.5) is 0 Å². The van der Waals surface area contributed by atoms with Gasteiger partial charge in [-0.15, -0.1) is 11.8 Å². The molecule has 2 rings (SSSR count). The minimum absolute atomic E-state index is 0.00148. The molecular weight excluding hydrogens is 208 g/mol. The zero-order valence-corrected chi connectivity index (χ0v) is 9.68. The number of hydrogen-bond donors (Lipinski definition) is 2. The molecule has 0 saturated heterocycles. The van der Waals surface area contributed by atoms with E-state index in [1.165, 1.54) is 24.8 Å². The topological polar surface area (TPSA) is 40.5 Å². The number of aryl methyl sites for hydroxylation is 1. The van der Waals surface area contributed by atoms with Crippen molar-refractivity contribution in [2.24, 2.45) is 0 Å². The minimum atomic E-state index is -0.00148. The third-order valence-corrected chi connectivity index (χ3v) is 4.24. The molecule has 0 radical (unpaired) electrons. The van der Waals surface area contributed by atoms with E-state index in [1.54, 1.807) is 12.1 Å². The zero-order valence-electron chi connectivity index (χ0n) is 8.86. The second kappa shape index (κ2) is 4.35. The highest BCUT2D eigenvalue weighted by Crippen LogP contribution is 2.41. The Bertz CT molecular complexity index is 363. The number of thioether (sulfide) groups is 1. The van der Waals surface area contributed by atoms with E-state index >= 15 is 0 Å². The van der Waals surface area contributed by atoms with E-state index in [0.29, 0.717) is 5.25 Å². The molecule has 0 saturated carbocycles. The molecule has 0 fully saturated rings. The Morgan fingerprint density at radius 2 is 2.07 bits per heavy atom. The fourth-order valence-electron chi connectivity index (χ4n) is 1.99. The third-order valence-electron chi connectivity index (χ3n) is 2.80. The number of hydrogen-bond acceptors (Lipinski definition) is 3. The van der Waals surface area contributed by atoms with Crippen molar-refractivity contribution in [3.8, 4) is 11.5 Å². The first-order chi connectivity index (χ1) is 7.20. The molecular formula is C12H16O2S. The highest BCUT2D eigenvalue weighted by molar-refractivity contribution is 8.00. The van der Waals surface area contributed by atoms with Crippen molar-refractivity contribution in [3.63, 3.8) is 0 Å².